The molecule has 0 unspecified atom stereocenters. The molecule has 6 heteroatoms. The van der Waals surface area contributed by atoms with Crippen molar-refractivity contribution in [3.63, 3.8) is 0 Å². The Morgan fingerprint density at radius 1 is 1.22 bits per heavy atom. The van der Waals surface area contributed by atoms with E-state index in [2.05, 4.69) is 10.6 Å². The van der Waals surface area contributed by atoms with Gasteiger partial charge < -0.3 is 15.5 Å². The number of carbonyl (C=O) groups excluding carboxylic acids is 3. The van der Waals surface area contributed by atoms with E-state index in [0.717, 1.165) is 19.4 Å². The highest BCUT2D eigenvalue weighted by atomic mass is 16.2. The Morgan fingerprint density at radius 2 is 2.00 bits per heavy atom. The fourth-order valence-electron chi connectivity index (χ4n) is 1.86. The zero-order chi connectivity index (χ0) is 13.4. The Balaban J connectivity index is 2.12. The number of carbonyl (C=O) groups is 3. The lowest BCUT2D eigenvalue weighted by atomic mass is 10.1. The zero-order valence-electron chi connectivity index (χ0n) is 10.8. The number of amides is 3. The highest BCUT2D eigenvalue weighted by Gasteiger charge is 2.18. The van der Waals surface area contributed by atoms with Crippen molar-refractivity contribution in [2.75, 3.05) is 26.7 Å². The first kappa shape index (κ1) is 14.5. The number of rotatable bonds is 6. The van der Waals surface area contributed by atoms with Crippen LogP contribution in [0.4, 0.5) is 0 Å². The second kappa shape index (κ2) is 7.68. The molecule has 0 aliphatic carbocycles. The zero-order valence-corrected chi connectivity index (χ0v) is 10.8. The van der Waals surface area contributed by atoms with Gasteiger partial charge in [-0.05, 0) is 12.8 Å². The van der Waals surface area contributed by atoms with E-state index in [0.29, 0.717) is 25.9 Å². The van der Waals surface area contributed by atoms with Gasteiger partial charge in [0.25, 0.3) is 0 Å². The highest BCUT2D eigenvalue weighted by Crippen LogP contribution is 2.10. The molecule has 102 valence electrons. The van der Waals surface area contributed by atoms with Gasteiger partial charge in [-0.1, -0.05) is 0 Å². The van der Waals surface area contributed by atoms with Crippen molar-refractivity contribution in [1.82, 2.24) is 15.5 Å². The fourth-order valence-corrected chi connectivity index (χ4v) is 1.86. The minimum Gasteiger partial charge on any atom is -0.359 e. The van der Waals surface area contributed by atoms with Gasteiger partial charge in [0.1, 0.15) is 0 Å². The summed E-state index contributed by atoms with van der Waals surface area (Å²) in [4.78, 5) is 35.6. The molecular formula is C12H21N3O3. The molecule has 1 fully saturated rings. The van der Waals surface area contributed by atoms with Crippen molar-refractivity contribution in [2.24, 2.45) is 0 Å². The van der Waals surface area contributed by atoms with E-state index in [4.69, 9.17) is 0 Å². The first-order chi connectivity index (χ1) is 8.63. The van der Waals surface area contributed by atoms with E-state index < -0.39 is 0 Å². The Hall–Kier alpha value is -1.59. The summed E-state index contributed by atoms with van der Waals surface area (Å²) in [7, 11) is 1.56. The van der Waals surface area contributed by atoms with Crippen LogP contribution in [-0.4, -0.2) is 49.3 Å². The van der Waals surface area contributed by atoms with Crippen molar-refractivity contribution in [3.05, 3.63) is 0 Å². The van der Waals surface area contributed by atoms with Crippen molar-refractivity contribution in [2.45, 2.75) is 32.1 Å². The second-order valence-corrected chi connectivity index (χ2v) is 4.36. The molecule has 2 N–H and O–H groups in total. The first-order valence-corrected chi connectivity index (χ1v) is 6.38. The van der Waals surface area contributed by atoms with Gasteiger partial charge in [-0.3, -0.25) is 14.4 Å². The maximum atomic E-state index is 11.5. The van der Waals surface area contributed by atoms with Gasteiger partial charge in [0.15, 0.2) is 0 Å². The summed E-state index contributed by atoms with van der Waals surface area (Å²) in [6.45, 7) is 1.57. The third-order valence-electron chi connectivity index (χ3n) is 2.98. The molecule has 6 nitrogen and oxygen atoms in total. The standard InChI is InChI=1S/C12H21N3O3/c1-13-10(16)5-7-14-11(17)6-9-15-8-3-2-4-12(15)18/h2-9H2,1H3,(H,13,16)(H,14,17). The van der Waals surface area contributed by atoms with Gasteiger partial charge in [0.05, 0.1) is 0 Å². The minimum absolute atomic E-state index is 0.0958. The molecule has 0 aromatic carbocycles. The normalized spacial score (nSPS) is 15.4. The molecule has 0 atom stereocenters. The maximum Gasteiger partial charge on any atom is 0.222 e. The molecule has 0 bridgehead atoms. The Labute approximate surface area is 107 Å². The van der Waals surface area contributed by atoms with Crippen LogP contribution in [0.5, 0.6) is 0 Å². The van der Waals surface area contributed by atoms with Crippen LogP contribution in [0.1, 0.15) is 32.1 Å². The third kappa shape index (κ3) is 5.16. The SMILES string of the molecule is CNC(=O)CCNC(=O)CCN1CCCCC1=O. The average Bonchev–Trinajstić information content (AvgIpc) is 2.37. The van der Waals surface area contributed by atoms with Gasteiger partial charge in [0, 0.05) is 45.9 Å². The summed E-state index contributed by atoms with van der Waals surface area (Å²) < 4.78 is 0. The van der Waals surface area contributed by atoms with Crippen LogP contribution in [0.15, 0.2) is 0 Å². The molecule has 1 heterocycles. The minimum atomic E-state index is -0.114. The Morgan fingerprint density at radius 3 is 2.67 bits per heavy atom. The topological polar surface area (TPSA) is 78.5 Å². The van der Waals surface area contributed by atoms with Crippen LogP contribution >= 0.6 is 0 Å². The van der Waals surface area contributed by atoms with Crippen molar-refractivity contribution >= 4 is 17.7 Å². The van der Waals surface area contributed by atoms with Crippen LogP contribution in [-0.2, 0) is 14.4 Å². The van der Waals surface area contributed by atoms with Crippen LogP contribution < -0.4 is 10.6 Å². The molecule has 0 saturated carbocycles. The number of likely N-dealkylation sites (tertiary alicyclic amines) is 1. The maximum absolute atomic E-state index is 11.5. The summed E-state index contributed by atoms with van der Waals surface area (Å²) in [5.41, 5.74) is 0. The second-order valence-electron chi connectivity index (χ2n) is 4.36. The molecular weight excluding hydrogens is 234 g/mol. The predicted molar refractivity (Wildman–Crippen MR) is 66.7 cm³/mol. The lowest BCUT2D eigenvalue weighted by Crippen LogP contribution is -2.38. The molecule has 0 radical (unpaired) electrons. The number of nitrogens with zero attached hydrogens (tertiary/aromatic N) is 1. The number of hydrogen-bond donors (Lipinski definition) is 2. The predicted octanol–water partition coefficient (Wildman–Crippen LogP) is -0.359. The van der Waals surface area contributed by atoms with Gasteiger partial charge >= 0.3 is 0 Å². The lowest BCUT2D eigenvalue weighted by molar-refractivity contribution is -0.133. The van der Waals surface area contributed by atoms with Crippen LogP contribution in [0, 0.1) is 0 Å². The molecule has 1 rings (SSSR count). The lowest BCUT2D eigenvalue weighted by Gasteiger charge is -2.26. The monoisotopic (exact) mass is 255 g/mol. The number of hydrogen-bond acceptors (Lipinski definition) is 3. The summed E-state index contributed by atoms with van der Waals surface area (Å²) in [6, 6.07) is 0. The van der Waals surface area contributed by atoms with Gasteiger partial charge in [-0.15, -0.1) is 0 Å². The summed E-state index contributed by atoms with van der Waals surface area (Å²) >= 11 is 0. The van der Waals surface area contributed by atoms with Crippen LogP contribution in [0.2, 0.25) is 0 Å². The number of nitrogens with one attached hydrogen (secondary N) is 2. The molecule has 18 heavy (non-hydrogen) atoms. The first-order valence-electron chi connectivity index (χ1n) is 6.38. The van der Waals surface area contributed by atoms with E-state index >= 15 is 0 Å². The largest absolute Gasteiger partial charge is 0.359 e. The van der Waals surface area contributed by atoms with Gasteiger partial charge in [-0.2, -0.15) is 0 Å². The van der Waals surface area contributed by atoms with E-state index in [1.54, 1.807) is 11.9 Å². The van der Waals surface area contributed by atoms with Crippen LogP contribution in [0.25, 0.3) is 0 Å². The Bertz CT molecular complexity index is 318. The van der Waals surface area contributed by atoms with E-state index in [1.807, 2.05) is 0 Å². The van der Waals surface area contributed by atoms with E-state index in [-0.39, 0.29) is 24.1 Å². The summed E-state index contributed by atoms with van der Waals surface area (Å²) in [5, 5.41) is 5.15. The molecule has 1 aliphatic heterocycles. The molecule has 0 aromatic rings. The number of piperidine rings is 1. The van der Waals surface area contributed by atoms with E-state index in [1.165, 1.54) is 0 Å². The van der Waals surface area contributed by atoms with Crippen LogP contribution in [0.3, 0.4) is 0 Å². The molecule has 1 saturated heterocycles. The summed E-state index contributed by atoms with van der Waals surface area (Å²) in [6.07, 6.45) is 3.15. The van der Waals surface area contributed by atoms with Crippen molar-refractivity contribution in [3.8, 4) is 0 Å². The molecule has 0 spiro atoms. The molecule has 1 aliphatic rings. The van der Waals surface area contributed by atoms with E-state index in [9.17, 15) is 14.4 Å². The molecule has 3 amide bonds. The fraction of sp³-hybridized carbons (Fsp3) is 0.750. The quantitative estimate of drug-likeness (QED) is 0.680. The van der Waals surface area contributed by atoms with Crippen molar-refractivity contribution in [1.29, 1.82) is 0 Å². The van der Waals surface area contributed by atoms with Gasteiger partial charge in [0.2, 0.25) is 17.7 Å². The summed E-state index contributed by atoms with van der Waals surface area (Å²) in [5.74, 6) is -0.0711. The Kier molecular flexibility index (Phi) is 6.18. The third-order valence-corrected chi connectivity index (χ3v) is 2.98. The van der Waals surface area contributed by atoms with Gasteiger partial charge in [-0.25, -0.2) is 0 Å². The van der Waals surface area contributed by atoms with Crippen molar-refractivity contribution < 1.29 is 14.4 Å². The highest BCUT2D eigenvalue weighted by molar-refractivity contribution is 5.80. The smallest absolute Gasteiger partial charge is 0.222 e. The molecule has 0 aromatic heterocycles. The average molecular weight is 255 g/mol.